The van der Waals surface area contributed by atoms with E-state index in [-0.39, 0.29) is 17.1 Å². The zero-order valence-electron chi connectivity index (χ0n) is 13.9. The van der Waals surface area contributed by atoms with E-state index in [4.69, 9.17) is 16.3 Å². The van der Waals surface area contributed by atoms with Crippen LogP contribution in [0.5, 0.6) is 11.6 Å². The predicted molar refractivity (Wildman–Crippen MR) is 97.8 cm³/mol. The van der Waals surface area contributed by atoms with Crippen molar-refractivity contribution in [1.29, 1.82) is 0 Å². The highest BCUT2D eigenvalue weighted by Gasteiger charge is 2.19. The number of nitrogens with zero attached hydrogens (tertiary/aromatic N) is 3. The third-order valence-corrected chi connectivity index (χ3v) is 4.29. The topological polar surface area (TPSA) is 77.2 Å². The highest BCUT2D eigenvalue weighted by molar-refractivity contribution is 6.33. The number of rotatable bonds is 3. The quantitative estimate of drug-likeness (QED) is 0.501. The maximum Gasteiger partial charge on any atom is 0.432 e. The van der Waals surface area contributed by atoms with Gasteiger partial charge in [0.25, 0.3) is 0 Å². The first-order valence-corrected chi connectivity index (χ1v) is 8.31. The van der Waals surface area contributed by atoms with Crippen molar-refractivity contribution >= 4 is 28.6 Å². The van der Waals surface area contributed by atoms with Crippen LogP contribution in [0.25, 0.3) is 22.2 Å². The molecule has 2 heterocycles. The molecule has 0 unspecified atom stereocenters. The van der Waals surface area contributed by atoms with Crippen LogP contribution >= 0.6 is 11.6 Å². The van der Waals surface area contributed by atoms with Gasteiger partial charge in [0.1, 0.15) is 11.5 Å². The van der Waals surface area contributed by atoms with Crippen molar-refractivity contribution < 1.29 is 23.4 Å². The lowest BCUT2D eigenvalue weighted by Crippen LogP contribution is -2.09. The Morgan fingerprint density at radius 1 is 1.14 bits per heavy atom. The van der Waals surface area contributed by atoms with E-state index in [1.54, 1.807) is 24.3 Å². The molecule has 1 N–H and O–H groups in total. The monoisotopic (exact) mass is 401 g/mol. The molecule has 0 saturated carbocycles. The molecule has 0 aliphatic heterocycles. The summed E-state index contributed by atoms with van der Waals surface area (Å²) < 4.78 is 32.9. The van der Waals surface area contributed by atoms with E-state index in [9.17, 15) is 18.7 Å². The minimum atomic E-state index is -1.33. The molecule has 2 aromatic carbocycles. The van der Waals surface area contributed by atoms with Crippen LogP contribution in [0.15, 0.2) is 54.7 Å². The van der Waals surface area contributed by atoms with Crippen LogP contribution in [0.4, 0.5) is 13.6 Å². The van der Waals surface area contributed by atoms with Crippen molar-refractivity contribution in [3.63, 3.8) is 0 Å². The zero-order valence-corrected chi connectivity index (χ0v) is 14.7. The maximum atomic E-state index is 13.8. The van der Waals surface area contributed by atoms with Gasteiger partial charge < -0.3 is 9.84 Å². The molecule has 0 spiro atoms. The van der Waals surface area contributed by atoms with Crippen LogP contribution in [0.1, 0.15) is 0 Å². The Bertz CT molecular complexity index is 1230. The summed E-state index contributed by atoms with van der Waals surface area (Å²) in [5, 5.41) is 14.4. The Balaban J connectivity index is 1.84. The van der Waals surface area contributed by atoms with E-state index in [1.807, 2.05) is 0 Å². The zero-order chi connectivity index (χ0) is 19.8. The lowest BCUT2D eigenvalue weighted by Gasteiger charge is -2.06. The fourth-order valence-corrected chi connectivity index (χ4v) is 2.94. The summed E-state index contributed by atoms with van der Waals surface area (Å²) in [6.45, 7) is 0. The normalized spacial score (nSPS) is 11.0. The van der Waals surface area contributed by atoms with E-state index in [1.165, 1.54) is 12.3 Å². The number of carboxylic acid groups (broad SMARTS) is 1. The summed E-state index contributed by atoms with van der Waals surface area (Å²) in [6.07, 6.45) is 0.0328. The largest absolute Gasteiger partial charge is 0.463 e. The van der Waals surface area contributed by atoms with Crippen molar-refractivity contribution in [2.45, 2.75) is 0 Å². The fraction of sp³-hybridized carbons (Fsp3) is 0. The Hall–Kier alpha value is -3.52. The van der Waals surface area contributed by atoms with Crippen molar-refractivity contribution in [3.05, 3.63) is 71.4 Å². The smallest absolute Gasteiger partial charge is 0.432 e. The second-order valence-electron chi connectivity index (χ2n) is 5.74. The number of hydrogen-bond donors (Lipinski definition) is 1. The van der Waals surface area contributed by atoms with Crippen LogP contribution in [0.3, 0.4) is 0 Å². The Morgan fingerprint density at radius 3 is 2.64 bits per heavy atom. The molecule has 0 bridgehead atoms. The number of fused-ring (bicyclic) bond motifs is 1. The first-order chi connectivity index (χ1) is 13.4. The molecule has 0 radical (unpaired) electrons. The second-order valence-corrected chi connectivity index (χ2v) is 6.15. The number of halogens is 3. The predicted octanol–water partition coefficient (Wildman–Crippen LogP) is 5.35. The van der Waals surface area contributed by atoms with Gasteiger partial charge >= 0.3 is 6.09 Å². The average Bonchev–Trinajstić information content (AvgIpc) is 3.03. The van der Waals surface area contributed by atoms with E-state index < -0.39 is 17.7 Å². The van der Waals surface area contributed by atoms with Gasteiger partial charge in [-0.1, -0.05) is 29.8 Å². The van der Waals surface area contributed by atoms with Gasteiger partial charge in [0, 0.05) is 29.3 Å². The van der Waals surface area contributed by atoms with Crippen molar-refractivity contribution in [1.82, 2.24) is 14.8 Å². The van der Waals surface area contributed by atoms with Crippen molar-refractivity contribution in [2.24, 2.45) is 0 Å². The molecule has 0 aliphatic rings. The summed E-state index contributed by atoms with van der Waals surface area (Å²) in [6, 6.07) is 11.0. The van der Waals surface area contributed by atoms with E-state index in [0.29, 0.717) is 27.7 Å². The standard InChI is InChI=1S/C19H10ClF2N3O3/c20-13-4-2-1-3-11(13)18-12-9-23-17(8-15(12)25(24-18)19(26)27)28-16-6-5-10(21)7-14(16)22/h1-9H,(H,26,27). The van der Waals surface area contributed by atoms with Gasteiger partial charge in [0.15, 0.2) is 11.6 Å². The maximum absolute atomic E-state index is 13.8. The van der Waals surface area contributed by atoms with Gasteiger partial charge in [-0.25, -0.2) is 18.6 Å². The Kier molecular flexibility index (Phi) is 4.40. The Morgan fingerprint density at radius 2 is 1.93 bits per heavy atom. The van der Waals surface area contributed by atoms with Gasteiger partial charge in [0.2, 0.25) is 5.88 Å². The molecule has 0 saturated heterocycles. The molecule has 28 heavy (non-hydrogen) atoms. The number of aromatic nitrogens is 3. The molecule has 9 heteroatoms. The number of hydrogen-bond acceptors (Lipinski definition) is 4. The van der Waals surface area contributed by atoms with Crippen LogP contribution in [0, 0.1) is 11.6 Å². The minimum Gasteiger partial charge on any atom is -0.463 e. The molecule has 4 rings (SSSR count). The lowest BCUT2D eigenvalue weighted by molar-refractivity contribution is 0.194. The third kappa shape index (κ3) is 3.14. The van der Waals surface area contributed by atoms with E-state index in [2.05, 4.69) is 10.1 Å². The van der Waals surface area contributed by atoms with Gasteiger partial charge in [-0.2, -0.15) is 9.78 Å². The van der Waals surface area contributed by atoms with Crippen molar-refractivity contribution in [3.8, 4) is 22.9 Å². The number of benzene rings is 2. The van der Waals surface area contributed by atoms with E-state index in [0.717, 1.165) is 16.8 Å². The van der Waals surface area contributed by atoms with Crippen molar-refractivity contribution in [2.75, 3.05) is 0 Å². The molecule has 0 aliphatic carbocycles. The van der Waals surface area contributed by atoms with Gasteiger partial charge in [0.05, 0.1) is 10.5 Å². The minimum absolute atomic E-state index is 0.0777. The summed E-state index contributed by atoms with van der Waals surface area (Å²) in [4.78, 5) is 15.7. The van der Waals surface area contributed by atoms with Crippen LogP contribution in [0.2, 0.25) is 5.02 Å². The first kappa shape index (κ1) is 17.9. The SMILES string of the molecule is O=C(O)n1nc(-c2ccccc2Cl)c2cnc(Oc3ccc(F)cc3F)cc21. The summed E-state index contributed by atoms with van der Waals surface area (Å²) >= 11 is 6.20. The third-order valence-electron chi connectivity index (χ3n) is 3.96. The molecule has 6 nitrogen and oxygen atoms in total. The van der Waals surface area contributed by atoms with E-state index >= 15 is 0 Å². The second kappa shape index (κ2) is 6.90. The average molecular weight is 402 g/mol. The van der Waals surface area contributed by atoms with Crippen LogP contribution in [-0.4, -0.2) is 26.0 Å². The number of pyridine rings is 1. The number of ether oxygens (including phenoxy) is 1. The van der Waals surface area contributed by atoms with Gasteiger partial charge in [-0.3, -0.25) is 0 Å². The number of carbonyl (C=O) groups is 1. The lowest BCUT2D eigenvalue weighted by atomic mass is 10.1. The van der Waals surface area contributed by atoms with Gasteiger partial charge in [-0.05, 0) is 18.2 Å². The first-order valence-electron chi connectivity index (χ1n) is 7.94. The highest BCUT2D eigenvalue weighted by atomic mass is 35.5. The van der Waals surface area contributed by atoms with Crippen LogP contribution in [-0.2, 0) is 0 Å². The molecule has 0 atom stereocenters. The Labute approximate surface area is 161 Å². The fourth-order valence-electron chi connectivity index (χ4n) is 2.72. The summed E-state index contributed by atoms with van der Waals surface area (Å²) in [5.41, 5.74) is 1.04. The molecular weight excluding hydrogens is 392 g/mol. The van der Waals surface area contributed by atoms with Gasteiger partial charge in [-0.15, -0.1) is 0 Å². The van der Waals surface area contributed by atoms with Crippen LogP contribution < -0.4 is 4.74 Å². The highest BCUT2D eigenvalue weighted by Crippen LogP contribution is 2.34. The molecule has 0 amide bonds. The summed E-state index contributed by atoms with van der Waals surface area (Å²) in [5.74, 6) is -1.99. The molecular formula is C19H10ClF2N3O3. The molecule has 140 valence electrons. The molecule has 4 aromatic rings. The molecule has 0 fully saturated rings. The molecule has 2 aromatic heterocycles. The summed E-state index contributed by atoms with van der Waals surface area (Å²) in [7, 11) is 0.